The first kappa shape index (κ1) is 12.5. The lowest BCUT2D eigenvalue weighted by Crippen LogP contribution is -2.31. The van der Waals surface area contributed by atoms with Gasteiger partial charge in [0.05, 0.1) is 18.0 Å². The van der Waals surface area contributed by atoms with Crippen molar-refractivity contribution in [1.29, 1.82) is 0 Å². The number of carbonyl (C=O) groups is 1. The number of aliphatic hydroxyl groups is 1. The summed E-state index contributed by atoms with van der Waals surface area (Å²) in [4.78, 5) is 16.0. The van der Waals surface area contributed by atoms with Gasteiger partial charge in [0.25, 0.3) is 0 Å². The number of aromatic nitrogens is 1. The van der Waals surface area contributed by atoms with Gasteiger partial charge in [-0.05, 0) is 18.6 Å². The van der Waals surface area contributed by atoms with Crippen LogP contribution < -0.4 is 5.32 Å². The van der Waals surface area contributed by atoms with Crippen molar-refractivity contribution in [2.75, 3.05) is 6.54 Å². The number of nitrogens with zero attached hydrogens (tertiary/aromatic N) is 1. The first-order valence-corrected chi connectivity index (χ1v) is 5.94. The summed E-state index contributed by atoms with van der Waals surface area (Å²) in [7, 11) is 0. The van der Waals surface area contributed by atoms with E-state index in [1.165, 1.54) is 0 Å². The van der Waals surface area contributed by atoms with E-state index in [0.29, 0.717) is 0 Å². The first-order valence-electron chi connectivity index (χ1n) is 5.94. The molecule has 0 aliphatic heterocycles. The lowest BCUT2D eigenvalue weighted by atomic mass is 10.1. The summed E-state index contributed by atoms with van der Waals surface area (Å²) >= 11 is 0. The summed E-state index contributed by atoms with van der Waals surface area (Å²) in [6, 6.07) is 9.64. The van der Waals surface area contributed by atoms with Crippen molar-refractivity contribution < 1.29 is 9.90 Å². The molecule has 1 aromatic carbocycles. The van der Waals surface area contributed by atoms with E-state index in [2.05, 4.69) is 10.3 Å². The summed E-state index contributed by atoms with van der Waals surface area (Å²) in [5.41, 5.74) is 1.75. The van der Waals surface area contributed by atoms with Gasteiger partial charge in [0.15, 0.2) is 0 Å². The summed E-state index contributed by atoms with van der Waals surface area (Å²) < 4.78 is 0. The van der Waals surface area contributed by atoms with Gasteiger partial charge in [0, 0.05) is 18.1 Å². The van der Waals surface area contributed by atoms with Crippen molar-refractivity contribution in [2.24, 2.45) is 0 Å². The van der Waals surface area contributed by atoms with E-state index in [1.54, 1.807) is 13.1 Å². The Morgan fingerprint density at radius 1 is 1.39 bits per heavy atom. The maximum atomic E-state index is 11.7. The van der Waals surface area contributed by atoms with Crippen LogP contribution in [-0.4, -0.2) is 28.6 Å². The van der Waals surface area contributed by atoms with Crippen molar-refractivity contribution >= 4 is 16.8 Å². The van der Waals surface area contributed by atoms with Crippen molar-refractivity contribution in [3.8, 4) is 0 Å². The predicted molar refractivity (Wildman–Crippen MR) is 70.1 cm³/mol. The largest absolute Gasteiger partial charge is 0.392 e. The molecule has 1 atom stereocenters. The number of rotatable bonds is 4. The molecular formula is C14H16N2O2. The molecule has 4 nitrogen and oxygen atoms in total. The number of hydrogen-bond acceptors (Lipinski definition) is 3. The number of amides is 1. The van der Waals surface area contributed by atoms with Crippen molar-refractivity contribution in [2.45, 2.75) is 19.4 Å². The second kappa shape index (κ2) is 5.60. The maximum Gasteiger partial charge on any atom is 0.224 e. The molecule has 2 N–H and O–H groups in total. The van der Waals surface area contributed by atoms with Gasteiger partial charge in [-0.1, -0.05) is 24.3 Å². The van der Waals surface area contributed by atoms with Crippen LogP contribution >= 0.6 is 0 Å². The lowest BCUT2D eigenvalue weighted by molar-refractivity contribution is -0.120. The van der Waals surface area contributed by atoms with Crippen LogP contribution in [0.15, 0.2) is 36.5 Å². The molecule has 1 aromatic heterocycles. The third-order valence-electron chi connectivity index (χ3n) is 2.66. The Labute approximate surface area is 106 Å². The number of benzene rings is 1. The van der Waals surface area contributed by atoms with Gasteiger partial charge in [0.1, 0.15) is 0 Å². The van der Waals surface area contributed by atoms with Crippen LogP contribution in [0.3, 0.4) is 0 Å². The highest BCUT2D eigenvalue weighted by Gasteiger charge is 2.08. The number of fused-ring (bicyclic) bond motifs is 1. The number of nitrogens with one attached hydrogen (secondary N) is 1. The van der Waals surface area contributed by atoms with Gasteiger partial charge < -0.3 is 10.4 Å². The van der Waals surface area contributed by atoms with Crippen LogP contribution in [0.2, 0.25) is 0 Å². The van der Waals surface area contributed by atoms with Gasteiger partial charge in [-0.15, -0.1) is 0 Å². The van der Waals surface area contributed by atoms with E-state index < -0.39 is 6.10 Å². The minimum Gasteiger partial charge on any atom is -0.392 e. The lowest BCUT2D eigenvalue weighted by Gasteiger charge is -2.08. The molecule has 1 amide bonds. The second-order valence-electron chi connectivity index (χ2n) is 4.32. The fraction of sp³-hybridized carbons (Fsp3) is 0.286. The Balaban J connectivity index is 2.14. The summed E-state index contributed by atoms with van der Waals surface area (Å²) in [5, 5.41) is 12.8. The number of pyridine rings is 1. The Hall–Kier alpha value is -1.94. The van der Waals surface area contributed by atoms with Crippen LogP contribution in [-0.2, 0) is 11.2 Å². The van der Waals surface area contributed by atoms with Crippen LogP contribution in [0, 0.1) is 0 Å². The third kappa shape index (κ3) is 3.05. The number of para-hydroxylation sites is 1. The number of carbonyl (C=O) groups excluding carboxylic acids is 1. The molecule has 0 aliphatic rings. The summed E-state index contributed by atoms with van der Waals surface area (Å²) in [5.74, 6) is -0.103. The van der Waals surface area contributed by atoms with Gasteiger partial charge >= 0.3 is 0 Å². The van der Waals surface area contributed by atoms with Crippen molar-refractivity contribution in [3.63, 3.8) is 0 Å². The molecule has 4 heteroatoms. The monoisotopic (exact) mass is 244 g/mol. The average Bonchev–Trinajstić information content (AvgIpc) is 2.37. The molecule has 94 valence electrons. The quantitative estimate of drug-likeness (QED) is 0.851. The van der Waals surface area contributed by atoms with Crippen LogP contribution in [0.25, 0.3) is 10.9 Å². The van der Waals surface area contributed by atoms with Crippen LogP contribution in [0.1, 0.15) is 12.5 Å². The van der Waals surface area contributed by atoms with E-state index in [4.69, 9.17) is 5.11 Å². The van der Waals surface area contributed by atoms with Crippen LogP contribution in [0.4, 0.5) is 0 Å². The standard InChI is InChI=1S/C14H16N2O2/c1-10(17)9-16-13(18)8-12-5-2-4-11-6-3-7-15-14(11)12/h2-7,10,17H,8-9H2,1H3,(H,16,18). The molecule has 0 bridgehead atoms. The van der Waals surface area contributed by atoms with E-state index >= 15 is 0 Å². The van der Waals surface area contributed by atoms with E-state index in [-0.39, 0.29) is 18.9 Å². The Kier molecular flexibility index (Phi) is 3.89. The molecule has 1 heterocycles. The highest BCUT2D eigenvalue weighted by molar-refractivity contribution is 5.87. The number of hydrogen-bond donors (Lipinski definition) is 2. The topological polar surface area (TPSA) is 62.2 Å². The zero-order chi connectivity index (χ0) is 13.0. The van der Waals surface area contributed by atoms with Gasteiger partial charge in [0.2, 0.25) is 5.91 Å². The normalized spacial score (nSPS) is 12.3. The van der Waals surface area contributed by atoms with E-state index in [1.807, 2.05) is 30.3 Å². The van der Waals surface area contributed by atoms with Crippen LogP contribution in [0.5, 0.6) is 0 Å². The van der Waals surface area contributed by atoms with Gasteiger partial charge in [-0.25, -0.2) is 0 Å². The first-order chi connectivity index (χ1) is 8.66. The Bertz CT molecular complexity index is 547. The fourth-order valence-corrected chi connectivity index (χ4v) is 1.81. The van der Waals surface area contributed by atoms with E-state index in [9.17, 15) is 4.79 Å². The van der Waals surface area contributed by atoms with Gasteiger partial charge in [-0.2, -0.15) is 0 Å². The highest BCUT2D eigenvalue weighted by Crippen LogP contribution is 2.16. The molecular weight excluding hydrogens is 228 g/mol. The highest BCUT2D eigenvalue weighted by atomic mass is 16.3. The summed E-state index contributed by atoms with van der Waals surface area (Å²) in [6.07, 6.45) is 1.47. The predicted octanol–water partition coefficient (Wildman–Crippen LogP) is 1.27. The van der Waals surface area contributed by atoms with Gasteiger partial charge in [-0.3, -0.25) is 9.78 Å². The van der Waals surface area contributed by atoms with Crippen molar-refractivity contribution in [3.05, 3.63) is 42.1 Å². The molecule has 1 unspecified atom stereocenters. The molecule has 18 heavy (non-hydrogen) atoms. The molecule has 0 saturated heterocycles. The number of aliphatic hydroxyl groups excluding tert-OH is 1. The minimum absolute atomic E-state index is 0.103. The fourth-order valence-electron chi connectivity index (χ4n) is 1.81. The molecule has 2 rings (SSSR count). The SMILES string of the molecule is CC(O)CNC(=O)Cc1cccc2cccnc12. The zero-order valence-corrected chi connectivity index (χ0v) is 10.3. The molecule has 0 radical (unpaired) electrons. The smallest absolute Gasteiger partial charge is 0.224 e. The van der Waals surface area contributed by atoms with Crippen molar-refractivity contribution in [1.82, 2.24) is 10.3 Å². The molecule has 0 fully saturated rings. The van der Waals surface area contributed by atoms with E-state index in [0.717, 1.165) is 16.5 Å². The Morgan fingerprint density at radius 3 is 2.94 bits per heavy atom. The molecule has 0 aliphatic carbocycles. The Morgan fingerprint density at radius 2 is 2.17 bits per heavy atom. The molecule has 0 spiro atoms. The molecule has 0 saturated carbocycles. The average molecular weight is 244 g/mol. The third-order valence-corrected chi connectivity index (χ3v) is 2.66. The zero-order valence-electron chi connectivity index (χ0n) is 10.3. The molecule has 2 aromatic rings. The maximum absolute atomic E-state index is 11.7. The minimum atomic E-state index is -0.528. The summed E-state index contributed by atoms with van der Waals surface area (Å²) in [6.45, 7) is 1.91. The second-order valence-corrected chi connectivity index (χ2v) is 4.32.